The Balaban J connectivity index is 1.87. The monoisotopic (exact) mass is 353 g/mol. The van der Waals surface area contributed by atoms with Crippen molar-refractivity contribution in [3.8, 4) is 0 Å². The summed E-state index contributed by atoms with van der Waals surface area (Å²) in [7, 11) is 0. The molecule has 2 heterocycles. The highest BCUT2D eigenvalue weighted by Gasteiger charge is 2.30. The first-order valence-electron chi connectivity index (χ1n) is 6.45. The van der Waals surface area contributed by atoms with Gasteiger partial charge in [0.05, 0.1) is 10.5 Å². The summed E-state index contributed by atoms with van der Waals surface area (Å²) in [5.74, 6) is -0.493. The highest BCUT2D eigenvalue weighted by atomic mass is 79.9. The SMILES string of the molecule is O=C(c1ccc(Br)c(F)c1)N1CCCC1c1ccsc1. The minimum absolute atomic E-state index is 0.0925. The van der Waals surface area contributed by atoms with Crippen molar-refractivity contribution in [3.63, 3.8) is 0 Å². The number of carbonyl (C=O) groups is 1. The second-order valence-corrected chi connectivity index (χ2v) is 6.48. The van der Waals surface area contributed by atoms with Gasteiger partial charge >= 0.3 is 0 Å². The van der Waals surface area contributed by atoms with Crippen LogP contribution in [0.2, 0.25) is 0 Å². The van der Waals surface area contributed by atoms with E-state index in [4.69, 9.17) is 0 Å². The van der Waals surface area contributed by atoms with Crippen LogP contribution in [0.4, 0.5) is 4.39 Å². The highest BCUT2D eigenvalue weighted by molar-refractivity contribution is 9.10. The summed E-state index contributed by atoms with van der Waals surface area (Å²) in [5, 5.41) is 4.11. The Bertz CT molecular complexity index is 629. The molecule has 1 aromatic carbocycles. The number of hydrogen-bond acceptors (Lipinski definition) is 2. The molecule has 1 saturated heterocycles. The lowest BCUT2D eigenvalue weighted by Gasteiger charge is -2.24. The average Bonchev–Trinajstić information content (AvgIpc) is 3.10. The average molecular weight is 354 g/mol. The molecule has 104 valence electrons. The van der Waals surface area contributed by atoms with Crippen molar-refractivity contribution in [2.45, 2.75) is 18.9 Å². The van der Waals surface area contributed by atoms with Gasteiger partial charge in [-0.3, -0.25) is 4.79 Å². The standard InChI is InChI=1S/C15H13BrFNOS/c16-12-4-3-10(8-13(12)17)15(19)18-6-1-2-14(18)11-5-7-20-9-11/h3-5,7-9,14H,1-2,6H2. The Morgan fingerprint density at radius 2 is 2.25 bits per heavy atom. The van der Waals surface area contributed by atoms with E-state index in [0.29, 0.717) is 10.0 Å². The fourth-order valence-corrected chi connectivity index (χ4v) is 3.57. The first-order valence-corrected chi connectivity index (χ1v) is 8.18. The first-order chi connectivity index (χ1) is 9.66. The van der Waals surface area contributed by atoms with Crippen LogP contribution in [-0.4, -0.2) is 17.4 Å². The molecule has 1 aliphatic heterocycles. The van der Waals surface area contributed by atoms with Crippen molar-refractivity contribution >= 4 is 33.2 Å². The van der Waals surface area contributed by atoms with Crippen LogP contribution in [0.15, 0.2) is 39.5 Å². The molecule has 1 amide bonds. The van der Waals surface area contributed by atoms with E-state index >= 15 is 0 Å². The Labute approximate surface area is 129 Å². The normalized spacial score (nSPS) is 18.5. The smallest absolute Gasteiger partial charge is 0.254 e. The Kier molecular flexibility index (Phi) is 3.89. The van der Waals surface area contributed by atoms with Crippen molar-refractivity contribution in [2.75, 3.05) is 6.54 Å². The molecule has 1 atom stereocenters. The summed E-state index contributed by atoms with van der Waals surface area (Å²) in [6.45, 7) is 0.733. The van der Waals surface area contributed by atoms with Crippen LogP contribution in [0.5, 0.6) is 0 Å². The number of amides is 1. The van der Waals surface area contributed by atoms with E-state index in [2.05, 4.69) is 27.4 Å². The van der Waals surface area contributed by atoms with E-state index in [1.807, 2.05) is 10.3 Å². The van der Waals surface area contributed by atoms with E-state index in [9.17, 15) is 9.18 Å². The van der Waals surface area contributed by atoms with Gasteiger partial charge in [0.15, 0.2) is 0 Å². The van der Waals surface area contributed by atoms with Gasteiger partial charge in [0.25, 0.3) is 5.91 Å². The van der Waals surface area contributed by atoms with Gasteiger partial charge in [0.2, 0.25) is 0 Å². The Hall–Kier alpha value is -1.20. The number of nitrogens with zero attached hydrogens (tertiary/aromatic N) is 1. The lowest BCUT2D eigenvalue weighted by atomic mass is 10.1. The highest BCUT2D eigenvalue weighted by Crippen LogP contribution is 2.34. The molecule has 2 aromatic rings. The van der Waals surface area contributed by atoms with Crippen LogP contribution < -0.4 is 0 Å². The summed E-state index contributed by atoms with van der Waals surface area (Å²) in [4.78, 5) is 14.4. The predicted octanol–water partition coefficient (Wildman–Crippen LogP) is 4.63. The molecule has 0 aliphatic carbocycles. The lowest BCUT2D eigenvalue weighted by molar-refractivity contribution is 0.0735. The van der Waals surface area contributed by atoms with Gasteiger partial charge in [-0.1, -0.05) is 0 Å². The van der Waals surface area contributed by atoms with Crippen molar-refractivity contribution in [1.29, 1.82) is 0 Å². The fraction of sp³-hybridized carbons (Fsp3) is 0.267. The molecule has 5 heteroatoms. The van der Waals surface area contributed by atoms with Gasteiger partial charge in [-0.15, -0.1) is 0 Å². The van der Waals surface area contributed by atoms with Gasteiger partial charge in [0, 0.05) is 12.1 Å². The third-order valence-corrected chi connectivity index (χ3v) is 4.95. The van der Waals surface area contributed by atoms with Gasteiger partial charge < -0.3 is 4.90 Å². The topological polar surface area (TPSA) is 20.3 Å². The van der Waals surface area contributed by atoms with Crippen LogP contribution in [0.1, 0.15) is 34.8 Å². The van der Waals surface area contributed by atoms with Crippen molar-refractivity contribution < 1.29 is 9.18 Å². The first kappa shape index (κ1) is 13.8. The van der Waals surface area contributed by atoms with E-state index < -0.39 is 5.82 Å². The van der Waals surface area contributed by atoms with Gasteiger partial charge in [-0.05, 0) is 69.4 Å². The Morgan fingerprint density at radius 3 is 2.95 bits per heavy atom. The molecule has 0 radical (unpaired) electrons. The molecule has 1 aromatic heterocycles. The minimum Gasteiger partial charge on any atom is -0.332 e. The molecule has 1 aliphatic rings. The van der Waals surface area contributed by atoms with Gasteiger partial charge in [0.1, 0.15) is 5.82 Å². The van der Waals surface area contributed by atoms with Crippen molar-refractivity contribution in [3.05, 3.63) is 56.4 Å². The maximum absolute atomic E-state index is 13.6. The number of rotatable bonds is 2. The molecular formula is C15H13BrFNOS. The third-order valence-electron chi connectivity index (χ3n) is 3.61. The molecule has 1 unspecified atom stereocenters. The van der Waals surface area contributed by atoms with Crippen LogP contribution >= 0.6 is 27.3 Å². The van der Waals surface area contributed by atoms with Crippen LogP contribution in [0.25, 0.3) is 0 Å². The zero-order valence-electron chi connectivity index (χ0n) is 10.7. The largest absolute Gasteiger partial charge is 0.332 e. The van der Waals surface area contributed by atoms with Gasteiger partial charge in [-0.25, -0.2) is 4.39 Å². The summed E-state index contributed by atoms with van der Waals surface area (Å²) < 4.78 is 14.0. The van der Waals surface area contributed by atoms with Crippen LogP contribution in [0.3, 0.4) is 0 Å². The number of halogens is 2. The predicted molar refractivity (Wildman–Crippen MR) is 81.4 cm³/mol. The molecule has 0 N–H and O–H groups in total. The molecule has 0 spiro atoms. The molecule has 20 heavy (non-hydrogen) atoms. The van der Waals surface area contributed by atoms with Crippen LogP contribution in [-0.2, 0) is 0 Å². The molecule has 1 fully saturated rings. The summed E-state index contributed by atoms with van der Waals surface area (Å²) in [6.07, 6.45) is 1.97. The number of likely N-dealkylation sites (tertiary alicyclic amines) is 1. The molecular weight excluding hydrogens is 341 g/mol. The summed E-state index contributed by atoms with van der Waals surface area (Å²) in [5.41, 5.74) is 1.59. The zero-order valence-corrected chi connectivity index (χ0v) is 13.1. The number of benzene rings is 1. The third kappa shape index (κ3) is 2.52. The summed E-state index contributed by atoms with van der Waals surface area (Å²) >= 11 is 4.74. The molecule has 2 nitrogen and oxygen atoms in total. The maximum Gasteiger partial charge on any atom is 0.254 e. The Morgan fingerprint density at radius 1 is 1.40 bits per heavy atom. The maximum atomic E-state index is 13.6. The number of carbonyl (C=O) groups excluding carboxylic acids is 1. The second kappa shape index (κ2) is 5.66. The lowest BCUT2D eigenvalue weighted by Crippen LogP contribution is -2.30. The van der Waals surface area contributed by atoms with E-state index in [1.54, 1.807) is 23.5 Å². The van der Waals surface area contributed by atoms with E-state index in [-0.39, 0.29) is 11.9 Å². The molecule has 3 rings (SSSR count). The number of hydrogen-bond donors (Lipinski definition) is 0. The number of thiophene rings is 1. The van der Waals surface area contributed by atoms with Crippen molar-refractivity contribution in [2.24, 2.45) is 0 Å². The fourth-order valence-electron chi connectivity index (χ4n) is 2.62. The van der Waals surface area contributed by atoms with Crippen molar-refractivity contribution in [1.82, 2.24) is 4.90 Å². The second-order valence-electron chi connectivity index (χ2n) is 4.84. The molecule has 0 saturated carbocycles. The zero-order chi connectivity index (χ0) is 14.1. The van der Waals surface area contributed by atoms with Gasteiger partial charge in [-0.2, -0.15) is 11.3 Å². The van der Waals surface area contributed by atoms with E-state index in [1.165, 1.54) is 11.6 Å². The minimum atomic E-state index is -0.401. The quantitative estimate of drug-likeness (QED) is 0.770. The van der Waals surface area contributed by atoms with E-state index in [0.717, 1.165) is 19.4 Å². The van der Waals surface area contributed by atoms with Crippen LogP contribution in [0, 0.1) is 5.82 Å². The molecule has 0 bridgehead atoms. The summed E-state index contributed by atoms with van der Waals surface area (Å²) in [6, 6.07) is 6.73.